The van der Waals surface area contributed by atoms with Gasteiger partial charge in [0.25, 0.3) is 0 Å². The van der Waals surface area contributed by atoms with Crippen LogP contribution in [0.5, 0.6) is 0 Å². The first kappa shape index (κ1) is 13.3. The third kappa shape index (κ3) is 3.44. The Bertz CT molecular complexity index is 496. The standard InChI is InChI=1S/C12H18N2O3S/c13-11-2-1-3-12(10-11)18(15,16)9-6-14-4-7-17-8-5-14/h1-3,10H,4-9,13H2. The summed E-state index contributed by atoms with van der Waals surface area (Å²) >= 11 is 0. The molecule has 1 saturated heterocycles. The van der Waals surface area contributed by atoms with Crippen LogP contribution in [0.3, 0.4) is 0 Å². The highest BCUT2D eigenvalue weighted by Crippen LogP contribution is 2.14. The Morgan fingerprint density at radius 1 is 1.28 bits per heavy atom. The molecule has 0 aromatic heterocycles. The van der Waals surface area contributed by atoms with Crippen molar-refractivity contribution in [2.45, 2.75) is 4.90 Å². The predicted octanol–water partition coefficient (Wildman–Crippen LogP) is 0.375. The van der Waals surface area contributed by atoms with Gasteiger partial charge in [-0.15, -0.1) is 0 Å². The molecular formula is C12H18N2O3S. The zero-order valence-electron chi connectivity index (χ0n) is 10.2. The summed E-state index contributed by atoms with van der Waals surface area (Å²) in [6.45, 7) is 3.50. The fraction of sp³-hybridized carbons (Fsp3) is 0.500. The van der Waals surface area contributed by atoms with Crippen LogP contribution in [-0.4, -0.2) is 51.9 Å². The Hall–Kier alpha value is -1.11. The number of rotatable bonds is 4. The summed E-state index contributed by atoms with van der Waals surface area (Å²) in [7, 11) is -3.24. The predicted molar refractivity (Wildman–Crippen MR) is 70.2 cm³/mol. The molecule has 0 saturated carbocycles. The smallest absolute Gasteiger partial charge is 0.179 e. The fourth-order valence-corrected chi connectivity index (χ4v) is 3.24. The molecule has 0 atom stereocenters. The monoisotopic (exact) mass is 270 g/mol. The highest BCUT2D eigenvalue weighted by Gasteiger charge is 2.18. The van der Waals surface area contributed by atoms with Gasteiger partial charge in [-0.1, -0.05) is 6.07 Å². The number of anilines is 1. The molecule has 1 aliphatic rings. The molecule has 1 aromatic carbocycles. The van der Waals surface area contributed by atoms with Crippen LogP contribution >= 0.6 is 0 Å². The van der Waals surface area contributed by atoms with Crippen molar-refractivity contribution in [1.82, 2.24) is 4.90 Å². The minimum Gasteiger partial charge on any atom is -0.399 e. The second kappa shape index (κ2) is 5.69. The Balaban J connectivity index is 1.98. The van der Waals surface area contributed by atoms with E-state index in [1.165, 1.54) is 6.07 Å². The van der Waals surface area contributed by atoms with Crippen LogP contribution in [0, 0.1) is 0 Å². The number of morpholine rings is 1. The Morgan fingerprint density at radius 2 is 2.00 bits per heavy atom. The molecule has 0 unspecified atom stereocenters. The largest absolute Gasteiger partial charge is 0.399 e. The Kier molecular flexibility index (Phi) is 4.21. The summed E-state index contributed by atoms with van der Waals surface area (Å²) in [4.78, 5) is 2.41. The zero-order valence-corrected chi connectivity index (χ0v) is 11.0. The van der Waals surface area contributed by atoms with Gasteiger partial charge in [0.2, 0.25) is 0 Å². The van der Waals surface area contributed by atoms with Crippen molar-refractivity contribution in [3.8, 4) is 0 Å². The maximum Gasteiger partial charge on any atom is 0.179 e. The molecule has 0 radical (unpaired) electrons. The van der Waals surface area contributed by atoms with Gasteiger partial charge in [-0.2, -0.15) is 0 Å². The molecule has 1 aliphatic heterocycles. The lowest BCUT2D eigenvalue weighted by Crippen LogP contribution is -2.39. The van der Waals surface area contributed by atoms with Crippen molar-refractivity contribution in [2.75, 3.05) is 44.3 Å². The Labute approximate surface area is 107 Å². The number of hydrogen-bond acceptors (Lipinski definition) is 5. The van der Waals surface area contributed by atoms with Gasteiger partial charge >= 0.3 is 0 Å². The molecule has 1 heterocycles. The minimum absolute atomic E-state index is 0.121. The molecule has 5 nitrogen and oxygen atoms in total. The average Bonchev–Trinajstić information content (AvgIpc) is 2.38. The van der Waals surface area contributed by atoms with Gasteiger partial charge in [0.15, 0.2) is 9.84 Å². The van der Waals surface area contributed by atoms with Crippen LogP contribution < -0.4 is 5.73 Å². The van der Waals surface area contributed by atoms with E-state index < -0.39 is 9.84 Å². The summed E-state index contributed by atoms with van der Waals surface area (Å²) in [5, 5.41) is 0. The minimum atomic E-state index is -3.24. The highest BCUT2D eigenvalue weighted by atomic mass is 32.2. The highest BCUT2D eigenvalue weighted by molar-refractivity contribution is 7.91. The van der Waals surface area contributed by atoms with Crippen molar-refractivity contribution in [2.24, 2.45) is 0 Å². The van der Waals surface area contributed by atoms with Gasteiger partial charge in [-0.3, -0.25) is 4.90 Å². The average molecular weight is 270 g/mol. The first-order valence-electron chi connectivity index (χ1n) is 5.96. The summed E-state index contributed by atoms with van der Waals surface area (Å²) in [5.41, 5.74) is 6.08. The third-order valence-corrected chi connectivity index (χ3v) is 4.69. The van der Waals surface area contributed by atoms with Crippen LogP contribution in [0.15, 0.2) is 29.2 Å². The Morgan fingerprint density at radius 3 is 2.67 bits per heavy atom. The number of sulfone groups is 1. The van der Waals surface area contributed by atoms with E-state index in [1.807, 2.05) is 0 Å². The van der Waals surface area contributed by atoms with Crippen LogP contribution in [0.2, 0.25) is 0 Å². The normalized spacial score (nSPS) is 17.8. The van der Waals surface area contributed by atoms with E-state index >= 15 is 0 Å². The van der Waals surface area contributed by atoms with Crippen molar-refractivity contribution in [1.29, 1.82) is 0 Å². The second-order valence-corrected chi connectivity index (χ2v) is 6.45. The van der Waals surface area contributed by atoms with E-state index in [0.717, 1.165) is 13.1 Å². The maximum absolute atomic E-state index is 12.1. The molecule has 0 spiro atoms. The molecule has 0 bridgehead atoms. The van der Waals surface area contributed by atoms with E-state index in [2.05, 4.69) is 4.90 Å². The second-order valence-electron chi connectivity index (χ2n) is 4.35. The first-order chi connectivity index (χ1) is 8.58. The molecule has 18 heavy (non-hydrogen) atoms. The topological polar surface area (TPSA) is 72.6 Å². The van der Waals surface area contributed by atoms with E-state index in [1.54, 1.807) is 18.2 Å². The molecule has 1 aromatic rings. The number of nitrogens with zero attached hydrogens (tertiary/aromatic N) is 1. The van der Waals surface area contributed by atoms with Gasteiger partial charge in [0.05, 0.1) is 23.9 Å². The maximum atomic E-state index is 12.1. The van der Waals surface area contributed by atoms with Crippen LogP contribution in [-0.2, 0) is 14.6 Å². The molecule has 2 N–H and O–H groups in total. The number of benzene rings is 1. The van der Waals surface area contributed by atoms with E-state index in [9.17, 15) is 8.42 Å². The van der Waals surface area contributed by atoms with E-state index in [4.69, 9.17) is 10.5 Å². The van der Waals surface area contributed by atoms with Gasteiger partial charge in [0.1, 0.15) is 0 Å². The van der Waals surface area contributed by atoms with Crippen molar-refractivity contribution < 1.29 is 13.2 Å². The molecule has 0 aliphatic carbocycles. The molecule has 1 fully saturated rings. The fourth-order valence-electron chi connectivity index (χ4n) is 1.90. The van der Waals surface area contributed by atoms with Crippen molar-refractivity contribution >= 4 is 15.5 Å². The van der Waals surface area contributed by atoms with Crippen LogP contribution in [0.4, 0.5) is 5.69 Å². The molecular weight excluding hydrogens is 252 g/mol. The number of ether oxygens (including phenoxy) is 1. The van der Waals surface area contributed by atoms with Gasteiger partial charge in [-0.05, 0) is 18.2 Å². The van der Waals surface area contributed by atoms with Crippen LogP contribution in [0.25, 0.3) is 0 Å². The summed E-state index contributed by atoms with van der Waals surface area (Å²) < 4.78 is 29.5. The summed E-state index contributed by atoms with van der Waals surface area (Å²) in [5.74, 6) is 0.121. The SMILES string of the molecule is Nc1cccc(S(=O)(=O)CCN2CCOCC2)c1. The lowest BCUT2D eigenvalue weighted by Gasteiger charge is -2.26. The summed E-state index contributed by atoms with van der Waals surface area (Å²) in [6.07, 6.45) is 0. The number of nitrogen functional groups attached to an aromatic ring is 1. The lowest BCUT2D eigenvalue weighted by atomic mass is 10.3. The number of nitrogens with two attached hydrogens (primary N) is 1. The van der Waals surface area contributed by atoms with Crippen LogP contribution in [0.1, 0.15) is 0 Å². The van der Waals surface area contributed by atoms with Gasteiger partial charge < -0.3 is 10.5 Å². The quantitative estimate of drug-likeness (QED) is 0.801. The van der Waals surface area contributed by atoms with E-state index in [-0.39, 0.29) is 5.75 Å². The van der Waals surface area contributed by atoms with Gasteiger partial charge in [0, 0.05) is 25.3 Å². The molecule has 0 amide bonds. The zero-order chi connectivity index (χ0) is 13.0. The molecule has 2 rings (SSSR count). The van der Waals surface area contributed by atoms with Crippen molar-refractivity contribution in [3.63, 3.8) is 0 Å². The summed E-state index contributed by atoms with van der Waals surface area (Å²) in [6, 6.07) is 6.44. The van der Waals surface area contributed by atoms with Crippen molar-refractivity contribution in [3.05, 3.63) is 24.3 Å². The van der Waals surface area contributed by atoms with Gasteiger partial charge in [-0.25, -0.2) is 8.42 Å². The third-order valence-electron chi connectivity index (χ3n) is 3.00. The number of hydrogen-bond donors (Lipinski definition) is 1. The molecule has 100 valence electrons. The molecule has 6 heteroatoms. The first-order valence-corrected chi connectivity index (χ1v) is 7.61. The van der Waals surface area contributed by atoms with E-state index in [0.29, 0.717) is 30.3 Å². The lowest BCUT2D eigenvalue weighted by molar-refractivity contribution is 0.0408.